The average Bonchev–Trinajstić information content (AvgIpc) is 2.07. The van der Waals surface area contributed by atoms with Crippen molar-refractivity contribution in [1.29, 1.82) is 0 Å². The summed E-state index contributed by atoms with van der Waals surface area (Å²) in [5.41, 5.74) is 6.14. The highest BCUT2D eigenvalue weighted by Crippen LogP contribution is 2.12. The van der Waals surface area contributed by atoms with Crippen LogP contribution in [0.25, 0.3) is 0 Å². The summed E-state index contributed by atoms with van der Waals surface area (Å²) in [6, 6.07) is 0.0815. The van der Waals surface area contributed by atoms with E-state index in [1.807, 2.05) is 6.92 Å². The highest BCUT2D eigenvalue weighted by atomic mass is 32.2. The van der Waals surface area contributed by atoms with Crippen molar-refractivity contribution in [3.05, 3.63) is 12.5 Å². The third-order valence-corrected chi connectivity index (χ3v) is 2.58. The fraction of sp³-hybridized carbons (Fsp3) is 0.500. The first-order valence-corrected chi connectivity index (χ1v) is 5.94. The molecule has 1 aromatic heterocycles. The molecule has 0 aliphatic heterocycles. The maximum Gasteiger partial charge on any atom is 0.152 e. The third kappa shape index (κ3) is 3.29. The van der Waals surface area contributed by atoms with Crippen molar-refractivity contribution in [2.75, 3.05) is 23.1 Å². The number of hydrogen-bond acceptors (Lipinski definition) is 5. The Morgan fingerprint density at radius 1 is 1.71 bits per heavy atom. The van der Waals surface area contributed by atoms with E-state index < -0.39 is 10.8 Å². The molecule has 0 fully saturated rings. The van der Waals surface area contributed by atoms with E-state index in [1.54, 1.807) is 6.26 Å². The van der Waals surface area contributed by atoms with Crippen LogP contribution >= 0.6 is 0 Å². The van der Waals surface area contributed by atoms with E-state index in [0.717, 1.165) is 0 Å². The second-order valence-electron chi connectivity index (χ2n) is 3.11. The predicted molar refractivity (Wildman–Crippen MR) is 58.5 cm³/mol. The van der Waals surface area contributed by atoms with Gasteiger partial charge < -0.3 is 11.1 Å². The number of nitrogens with zero attached hydrogens (tertiary/aromatic N) is 2. The molecule has 2 atom stereocenters. The fourth-order valence-electron chi connectivity index (χ4n) is 1.09. The molecule has 3 N–H and O–H groups in total. The summed E-state index contributed by atoms with van der Waals surface area (Å²) in [4.78, 5) is 7.76. The molecule has 0 bridgehead atoms. The molecule has 5 nitrogen and oxygen atoms in total. The topological polar surface area (TPSA) is 80.9 Å². The van der Waals surface area contributed by atoms with Crippen molar-refractivity contribution in [2.24, 2.45) is 0 Å². The van der Waals surface area contributed by atoms with Gasteiger partial charge in [0.1, 0.15) is 6.33 Å². The van der Waals surface area contributed by atoms with Crippen LogP contribution in [0, 0.1) is 0 Å². The highest BCUT2D eigenvalue weighted by molar-refractivity contribution is 7.84. The summed E-state index contributed by atoms with van der Waals surface area (Å²) in [5.74, 6) is 1.17. The number of hydrogen-bond donors (Lipinski definition) is 2. The lowest BCUT2D eigenvalue weighted by atomic mass is 10.3. The first-order chi connectivity index (χ1) is 6.59. The number of aromatic nitrogens is 2. The van der Waals surface area contributed by atoms with E-state index in [0.29, 0.717) is 17.3 Å². The van der Waals surface area contributed by atoms with Gasteiger partial charge in [0.05, 0.1) is 11.9 Å². The van der Waals surface area contributed by atoms with E-state index in [-0.39, 0.29) is 6.04 Å². The van der Waals surface area contributed by atoms with Crippen LogP contribution in [-0.4, -0.2) is 32.2 Å². The Hall–Kier alpha value is -1.17. The van der Waals surface area contributed by atoms with Gasteiger partial charge in [-0.05, 0) is 6.92 Å². The minimum absolute atomic E-state index is 0.0815. The first kappa shape index (κ1) is 10.9. The van der Waals surface area contributed by atoms with Crippen molar-refractivity contribution < 1.29 is 4.21 Å². The van der Waals surface area contributed by atoms with Crippen molar-refractivity contribution in [1.82, 2.24) is 9.97 Å². The number of anilines is 2. The molecule has 1 aromatic rings. The van der Waals surface area contributed by atoms with Crippen molar-refractivity contribution in [3.8, 4) is 0 Å². The average molecular weight is 214 g/mol. The summed E-state index contributed by atoms with van der Waals surface area (Å²) in [7, 11) is -0.823. The van der Waals surface area contributed by atoms with E-state index in [9.17, 15) is 4.21 Å². The summed E-state index contributed by atoms with van der Waals surface area (Å²) < 4.78 is 10.9. The van der Waals surface area contributed by atoms with Gasteiger partial charge in [-0.1, -0.05) is 0 Å². The highest BCUT2D eigenvalue weighted by Gasteiger charge is 2.06. The van der Waals surface area contributed by atoms with Crippen LogP contribution in [0.15, 0.2) is 12.5 Å². The summed E-state index contributed by atoms with van der Waals surface area (Å²) >= 11 is 0. The molecule has 0 saturated heterocycles. The minimum Gasteiger partial charge on any atom is -0.394 e. The Kier molecular flexibility index (Phi) is 3.82. The second-order valence-corrected chi connectivity index (χ2v) is 4.59. The van der Waals surface area contributed by atoms with Gasteiger partial charge in [-0.2, -0.15) is 0 Å². The van der Waals surface area contributed by atoms with Crippen LogP contribution in [0.1, 0.15) is 6.92 Å². The number of rotatable bonds is 4. The molecule has 0 aliphatic carbocycles. The molecule has 6 heteroatoms. The normalized spacial score (nSPS) is 14.7. The largest absolute Gasteiger partial charge is 0.394 e. The van der Waals surface area contributed by atoms with Gasteiger partial charge in [0.2, 0.25) is 0 Å². The zero-order valence-electron chi connectivity index (χ0n) is 8.23. The number of nitrogens with one attached hydrogen (secondary N) is 1. The van der Waals surface area contributed by atoms with Gasteiger partial charge in [-0.25, -0.2) is 9.97 Å². The third-order valence-electron chi connectivity index (χ3n) is 1.61. The quantitative estimate of drug-likeness (QED) is 0.750. The Bertz CT molecular complexity index is 331. The van der Waals surface area contributed by atoms with Crippen LogP contribution < -0.4 is 11.1 Å². The SMILES string of the molecule is CC(CS(C)=O)Nc1ncncc1N. The van der Waals surface area contributed by atoms with Crippen LogP contribution in [0.4, 0.5) is 11.5 Å². The van der Waals surface area contributed by atoms with Gasteiger partial charge in [0.15, 0.2) is 5.82 Å². The van der Waals surface area contributed by atoms with E-state index >= 15 is 0 Å². The van der Waals surface area contributed by atoms with Crippen LogP contribution in [0.5, 0.6) is 0 Å². The lowest BCUT2D eigenvalue weighted by Gasteiger charge is -2.13. The summed E-state index contributed by atoms with van der Waals surface area (Å²) in [6.07, 6.45) is 4.63. The molecule has 0 amide bonds. The standard InChI is InChI=1S/C8H14N4OS/c1-6(4-14(2)13)12-8-7(9)3-10-5-11-8/h3,5-6H,4,9H2,1-2H3,(H,10,11,12). The maximum atomic E-state index is 10.9. The zero-order valence-corrected chi connectivity index (χ0v) is 9.04. The van der Waals surface area contributed by atoms with E-state index in [2.05, 4.69) is 15.3 Å². The molecule has 2 unspecified atom stereocenters. The van der Waals surface area contributed by atoms with E-state index in [4.69, 9.17) is 5.73 Å². The van der Waals surface area contributed by atoms with E-state index in [1.165, 1.54) is 12.5 Å². The molecular formula is C8H14N4OS. The van der Waals surface area contributed by atoms with Gasteiger partial charge in [-0.15, -0.1) is 0 Å². The Labute approximate surface area is 85.6 Å². The number of nitrogen functional groups attached to an aromatic ring is 1. The molecule has 1 rings (SSSR count). The Morgan fingerprint density at radius 3 is 3.00 bits per heavy atom. The molecule has 0 aliphatic rings. The molecule has 0 spiro atoms. The summed E-state index contributed by atoms with van der Waals surface area (Å²) in [6.45, 7) is 1.93. The van der Waals surface area contributed by atoms with Crippen molar-refractivity contribution in [3.63, 3.8) is 0 Å². The lowest BCUT2D eigenvalue weighted by Crippen LogP contribution is -2.23. The van der Waals surface area contributed by atoms with Gasteiger partial charge >= 0.3 is 0 Å². The minimum atomic E-state index is -0.823. The molecule has 14 heavy (non-hydrogen) atoms. The molecule has 0 aromatic carbocycles. The lowest BCUT2D eigenvalue weighted by molar-refractivity contribution is 0.683. The second kappa shape index (κ2) is 4.90. The van der Waals surface area contributed by atoms with Crippen LogP contribution in [0.3, 0.4) is 0 Å². The number of nitrogens with two attached hydrogens (primary N) is 1. The first-order valence-electron chi connectivity index (χ1n) is 4.21. The fourth-order valence-corrected chi connectivity index (χ4v) is 1.88. The smallest absolute Gasteiger partial charge is 0.152 e. The van der Waals surface area contributed by atoms with Gasteiger partial charge in [-0.3, -0.25) is 4.21 Å². The zero-order chi connectivity index (χ0) is 10.6. The summed E-state index contributed by atoms with van der Waals surface area (Å²) in [5, 5.41) is 3.07. The predicted octanol–water partition coefficient (Wildman–Crippen LogP) is 0.238. The molecule has 0 saturated carbocycles. The van der Waals surface area contributed by atoms with Crippen molar-refractivity contribution in [2.45, 2.75) is 13.0 Å². The Balaban J connectivity index is 2.60. The van der Waals surface area contributed by atoms with Gasteiger partial charge in [0.25, 0.3) is 0 Å². The Morgan fingerprint density at radius 2 is 2.43 bits per heavy atom. The van der Waals surface area contributed by atoms with Crippen LogP contribution in [-0.2, 0) is 10.8 Å². The van der Waals surface area contributed by atoms with Crippen molar-refractivity contribution >= 4 is 22.3 Å². The molecular weight excluding hydrogens is 200 g/mol. The molecule has 0 radical (unpaired) electrons. The van der Waals surface area contributed by atoms with Crippen LogP contribution in [0.2, 0.25) is 0 Å². The van der Waals surface area contributed by atoms with Gasteiger partial charge in [0, 0.05) is 28.9 Å². The molecule has 1 heterocycles. The molecule has 78 valence electrons. The maximum absolute atomic E-state index is 10.9. The monoisotopic (exact) mass is 214 g/mol.